The van der Waals surface area contributed by atoms with Crippen LogP contribution in [0.3, 0.4) is 0 Å². The van der Waals surface area contributed by atoms with E-state index in [1.165, 1.54) is 19.3 Å². The first-order valence-electron chi connectivity index (χ1n) is 9.20. The number of benzene rings is 2. The van der Waals surface area contributed by atoms with Gasteiger partial charge in [0.15, 0.2) is 0 Å². The summed E-state index contributed by atoms with van der Waals surface area (Å²) in [5, 5.41) is 0. The van der Waals surface area contributed by atoms with E-state index < -0.39 is 0 Å². The summed E-state index contributed by atoms with van der Waals surface area (Å²) >= 11 is 0. The number of hydrogen-bond acceptors (Lipinski definition) is 3. The second kappa shape index (κ2) is 11.0. The first-order valence-corrected chi connectivity index (χ1v) is 9.20. The average Bonchev–Trinajstić information content (AvgIpc) is 2.67. The molecule has 0 fully saturated rings. The Morgan fingerprint density at radius 1 is 0.885 bits per heavy atom. The summed E-state index contributed by atoms with van der Waals surface area (Å²) in [7, 11) is 0. The number of hydrogen-bond donors (Lipinski definition) is 0. The van der Waals surface area contributed by atoms with Gasteiger partial charge >= 0.3 is 5.97 Å². The van der Waals surface area contributed by atoms with Crippen LogP contribution in [0.15, 0.2) is 48.5 Å². The van der Waals surface area contributed by atoms with Gasteiger partial charge in [-0.1, -0.05) is 62.8 Å². The van der Waals surface area contributed by atoms with Gasteiger partial charge in [-0.15, -0.1) is 6.42 Å². The standard InChI is InChI=1S/C23H26O3/c1-3-5-6-7-8-9-23(24)26-22-16-12-20(13-17-22)19-10-14-21(15-11-19)25-18-4-2/h2,10-17H,3,5-9,18H2,1H3. The minimum Gasteiger partial charge on any atom is -0.481 e. The number of carbonyl (C=O) groups is 1. The van der Waals surface area contributed by atoms with Gasteiger partial charge in [0.25, 0.3) is 0 Å². The third-order valence-electron chi connectivity index (χ3n) is 4.08. The Bertz CT molecular complexity index is 709. The minimum atomic E-state index is -0.163. The van der Waals surface area contributed by atoms with Gasteiger partial charge < -0.3 is 9.47 Å². The summed E-state index contributed by atoms with van der Waals surface area (Å²) in [6, 6.07) is 15.3. The highest BCUT2D eigenvalue weighted by Crippen LogP contribution is 2.25. The average molecular weight is 350 g/mol. The molecule has 0 atom stereocenters. The Labute approximate surface area is 156 Å². The predicted molar refractivity (Wildman–Crippen MR) is 105 cm³/mol. The van der Waals surface area contributed by atoms with Crippen molar-refractivity contribution >= 4 is 5.97 Å². The molecule has 2 aromatic carbocycles. The second-order valence-electron chi connectivity index (χ2n) is 6.18. The molecule has 0 amide bonds. The molecule has 3 heteroatoms. The van der Waals surface area contributed by atoms with E-state index in [-0.39, 0.29) is 12.6 Å². The highest BCUT2D eigenvalue weighted by atomic mass is 16.5. The SMILES string of the molecule is C#CCOc1ccc(-c2ccc(OC(=O)CCCCCCC)cc2)cc1. The molecular formula is C23H26O3. The minimum absolute atomic E-state index is 0.163. The molecule has 0 saturated heterocycles. The van der Waals surface area contributed by atoms with Gasteiger partial charge in [-0.2, -0.15) is 0 Å². The largest absolute Gasteiger partial charge is 0.481 e. The zero-order valence-electron chi connectivity index (χ0n) is 15.4. The van der Waals surface area contributed by atoms with Crippen LogP contribution in [0.2, 0.25) is 0 Å². The van der Waals surface area contributed by atoms with Crippen LogP contribution in [0, 0.1) is 12.3 Å². The van der Waals surface area contributed by atoms with Gasteiger partial charge in [-0.3, -0.25) is 4.79 Å². The zero-order valence-corrected chi connectivity index (χ0v) is 15.4. The van der Waals surface area contributed by atoms with Crippen LogP contribution in [0.25, 0.3) is 11.1 Å². The molecule has 0 unspecified atom stereocenters. The molecule has 2 rings (SSSR count). The molecule has 3 nitrogen and oxygen atoms in total. The van der Waals surface area contributed by atoms with Gasteiger partial charge in [0.05, 0.1) is 0 Å². The number of rotatable bonds is 10. The monoisotopic (exact) mass is 350 g/mol. The summed E-state index contributed by atoms with van der Waals surface area (Å²) in [5.41, 5.74) is 2.11. The third-order valence-corrected chi connectivity index (χ3v) is 4.08. The maximum atomic E-state index is 11.9. The van der Waals surface area contributed by atoms with Crippen molar-refractivity contribution in [1.82, 2.24) is 0 Å². The van der Waals surface area contributed by atoms with E-state index in [9.17, 15) is 4.79 Å². The van der Waals surface area contributed by atoms with Crippen molar-refractivity contribution in [3.63, 3.8) is 0 Å². The van der Waals surface area contributed by atoms with E-state index in [0.29, 0.717) is 12.2 Å². The Morgan fingerprint density at radius 2 is 1.46 bits per heavy atom. The fraction of sp³-hybridized carbons (Fsp3) is 0.348. The Kier molecular flexibility index (Phi) is 8.29. The van der Waals surface area contributed by atoms with Crippen LogP contribution in [0.1, 0.15) is 45.4 Å². The van der Waals surface area contributed by atoms with Gasteiger partial charge in [-0.05, 0) is 41.8 Å². The molecule has 2 aromatic rings. The highest BCUT2D eigenvalue weighted by Gasteiger charge is 2.05. The number of carbonyl (C=O) groups excluding carboxylic acids is 1. The van der Waals surface area contributed by atoms with Crippen LogP contribution in [-0.2, 0) is 4.79 Å². The van der Waals surface area contributed by atoms with Crippen molar-refractivity contribution in [3.8, 4) is 35.0 Å². The smallest absolute Gasteiger partial charge is 0.311 e. The quantitative estimate of drug-likeness (QED) is 0.241. The van der Waals surface area contributed by atoms with E-state index in [2.05, 4.69) is 12.8 Å². The second-order valence-corrected chi connectivity index (χ2v) is 6.18. The van der Waals surface area contributed by atoms with Crippen molar-refractivity contribution in [2.24, 2.45) is 0 Å². The summed E-state index contributed by atoms with van der Waals surface area (Å²) in [5.74, 6) is 3.61. The van der Waals surface area contributed by atoms with E-state index in [1.54, 1.807) is 0 Å². The molecule has 0 N–H and O–H groups in total. The number of ether oxygens (including phenoxy) is 2. The van der Waals surface area contributed by atoms with Crippen molar-refractivity contribution in [2.45, 2.75) is 45.4 Å². The van der Waals surface area contributed by atoms with Crippen LogP contribution in [-0.4, -0.2) is 12.6 Å². The van der Waals surface area contributed by atoms with E-state index >= 15 is 0 Å². The van der Waals surface area contributed by atoms with Gasteiger partial charge in [-0.25, -0.2) is 0 Å². The summed E-state index contributed by atoms with van der Waals surface area (Å²) in [6.45, 7) is 2.44. The van der Waals surface area contributed by atoms with Crippen LogP contribution in [0.4, 0.5) is 0 Å². The Morgan fingerprint density at radius 3 is 2.04 bits per heavy atom. The Balaban J connectivity index is 1.84. The van der Waals surface area contributed by atoms with Crippen LogP contribution in [0.5, 0.6) is 11.5 Å². The molecule has 0 heterocycles. The Hall–Kier alpha value is -2.73. The summed E-state index contributed by atoms with van der Waals surface area (Å²) in [6.07, 6.45) is 11.3. The molecule has 0 aliphatic carbocycles. The summed E-state index contributed by atoms with van der Waals surface area (Å²) < 4.78 is 10.8. The fourth-order valence-corrected chi connectivity index (χ4v) is 2.64. The molecule has 0 spiro atoms. The normalized spacial score (nSPS) is 10.2. The first kappa shape index (κ1) is 19.6. The lowest BCUT2D eigenvalue weighted by atomic mass is 10.1. The maximum absolute atomic E-state index is 11.9. The molecule has 0 aliphatic rings. The topological polar surface area (TPSA) is 35.5 Å². The van der Waals surface area contributed by atoms with Gasteiger partial charge in [0.2, 0.25) is 0 Å². The third kappa shape index (κ3) is 6.64. The van der Waals surface area contributed by atoms with Crippen molar-refractivity contribution < 1.29 is 14.3 Å². The lowest BCUT2D eigenvalue weighted by molar-refractivity contribution is -0.134. The van der Waals surface area contributed by atoms with Gasteiger partial charge in [0, 0.05) is 6.42 Å². The number of unbranched alkanes of at least 4 members (excludes halogenated alkanes) is 4. The van der Waals surface area contributed by atoms with Gasteiger partial charge in [0.1, 0.15) is 18.1 Å². The van der Waals surface area contributed by atoms with E-state index in [0.717, 1.165) is 29.7 Å². The molecule has 0 aromatic heterocycles. The molecule has 136 valence electrons. The molecule has 0 radical (unpaired) electrons. The molecule has 26 heavy (non-hydrogen) atoms. The van der Waals surface area contributed by atoms with E-state index in [1.807, 2.05) is 48.5 Å². The fourth-order valence-electron chi connectivity index (χ4n) is 2.64. The number of esters is 1. The highest BCUT2D eigenvalue weighted by molar-refractivity contribution is 5.73. The molecule has 0 bridgehead atoms. The van der Waals surface area contributed by atoms with Crippen LogP contribution < -0.4 is 9.47 Å². The van der Waals surface area contributed by atoms with Crippen molar-refractivity contribution in [3.05, 3.63) is 48.5 Å². The number of terminal acetylenes is 1. The van der Waals surface area contributed by atoms with Crippen molar-refractivity contribution in [1.29, 1.82) is 0 Å². The molecular weight excluding hydrogens is 324 g/mol. The molecule has 0 saturated carbocycles. The summed E-state index contributed by atoms with van der Waals surface area (Å²) in [4.78, 5) is 11.9. The van der Waals surface area contributed by atoms with E-state index in [4.69, 9.17) is 15.9 Å². The predicted octanol–water partition coefficient (Wildman–Crippen LogP) is 5.63. The van der Waals surface area contributed by atoms with Crippen molar-refractivity contribution in [2.75, 3.05) is 6.61 Å². The lowest BCUT2D eigenvalue weighted by Gasteiger charge is -2.07. The maximum Gasteiger partial charge on any atom is 0.311 e. The molecule has 0 aliphatic heterocycles. The first-order chi connectivity index (χ1) is 12.7. The lowest BCUT2D eigenvalue weighted by Crippen LogP contribution is -2.07. The van der Waals surface area contributed by atoms with Crippen LogP contribution >= 0.6 is 0 Å². The zero-order chi connectivity index (χ0) is 18.6.